The number of carbonyl (C=O) groups excluding carboxylic acids is 1. The predicted octanol–water partition coefficient (Wildman–Crippen LogP) is 4.04. The Morgan fingerprint density at radius 3 is 2.37 bits per heavy atom. The molecule has 2 saturated heterocycles. The molecule has 0 spiro atoms. The summed E-state index contributed by atoms with van der Waals surface area (Å²) in [6.45, 7) is 14.6. The first kappa shape index (κ1) is 20.6. The summed E-state index contributed by atoms with van der Waals surface area (Å²) >= 11 is 1.68. The van der Waals surface area contributed by atoms with Crippen molar-refractivity contribution in [2.75, 3.05) is 6.54 Å². The molecule has 1 aromatic carbocycles. The molecule has 2 heterocycles. The third kappa shape index (κ3) is 4.46. The molecule has 2 aliphatic heterocycles. The first-order valence-corrected chi connectivity index (χ1v) is 10.4. The number of rotatable bonds is 3. The van der Waals surface area contributed by atoms with E-state index in [0.717, 1.165) is 23.3 Å². The Bertz CT molecular complexity index is 700. The molecule has 0 N–H and O–H groups in total. The van der Waals surface area contributed by atoms with Crippen molar-refractivity contribution in [2.45, 2.75) is 82.0 Å². The van der Waals surface area contributed by atoms with Gasteiger partial charge in [-0.05, 0) is 72.5 Å². The first-order valence-electron chi connectivity index (χ1n) is 9.50. The summed E-state index contributed by atoms with van der Waals surface area (Å²) in [5, 5.41) is 0.105. The van der Waals surface area contributed by atoms with Crippen molar-refractivity contribution in [3.8, 4) is 0 Å². The summed E-state index contributed by atoms with van der Waals surface area (Å²) in [5.74, 6) is 0. The number of likely N-dealkylation sites (tertiary alicyclic amines) is 1. The van der Waals surface area contributed by atoms with Crippen molar-refractivity contribution in [1.29, 1.82) is 0 Å². The maximum atomic E-state index is 12.3. The van der Waals surface area contributed by atoms with E-state index in [1.807, 2.05) is 32.9 Å². The van der Waals surface area contributed by atoms with E-state index in [1.54, 1.807) is 16.7 Å². The topological polar surface area (TPSA) is 48.0 Å². The maximum absolute atomic E-state index is 12.3. The van der Waals surface area contributed by atoms with Crippen molar-refractivity contribution in [3.63, 3.8) is 0 Å². The van der Waals surface area contributed by atoms with Gasteiger partial charge in [-0.25, -0.2) is 4.79 Å². The van der Waals surface area contributed by atoms with E-state index in [0.29, 0.717) is 0 Å². The first-order chi connectivity index (χ1) is 12.4. The van der Waals surface area contributed by atoms with Crippen LogP contribution in [0.25, 0.3) is 0 Å². The van der Waals surface area contributed by atoms with E-state index in [9.17, 15) is 4.79 Å². The van der Waals surface area contributed by atoms with Crippen LogP contribution in [0.5, 0.6) is 0 Å². The van der Waals surface area contributed by atoms with Gasteiger partial charge >= 0.3 is 13.2 Å². The highest BCUT2D eigenvalue weighted by Gasteiger charge is 2.51. The molecule has 0 bridgehead atoms. The molecule has 0 aliphatic carbocycles. The number of thioether (sulfide) groups is 1. The number of benzene rings is 1. The van der Waals surface area contributed by atoms with Gasteiger partial charge in [-0.1, -0.05) is 12.1 Å². The molecule has 5 nitrogen and oxygen atoms in total. The number of carbonyl (C=O) groups is 1. The zero-order valence-corrected chi connectivity index (χ0v) is 18.2. The van der Waals surface area contributed by atoms with Crippen LogP contribution in [0.3, 0.4) is 0 Å². The molecule has 3 rings (SSSR count). The average Bonchev–Trinajstić information content (AvgIpc) is 2.70. The van der Waals surface area contributed by atoms with E-state index in [2.05, 4.69) is 39.8 Å². The maximum Gasteiger partial charge on any atom is 0.494 e. The van der Waals surface area contributed by atoms with Gasteiger partial charge in [0.25, 0.3) is 0 Å². The van der Waals surface area contributed by atoms with E-state index in [4.69, 9.17) is 14.0 Å². The molecule has 1 atom stereocenters. The Hall–Kier alpha value is -1.18. The average molecular weight is 391 g/mol. The summed E-state index contributed by atoms with van der Waals surface area (Å²) in [5.41, 5.74) is -0.190. The Morgan fingerprint density at radius 1 is 1.22 bits per heavy atom. The van der Waals surface area contributed by atoms with Crippen LogP contribution in [-0.2, 0) is 14.0 Å². The van der Waals surface area contributed by atoms with Gasteiger partial charge in [0.05, 0.1) is 16.6 Å². The van der Waals surface area contributed by atoms with Crippen LogP contribution in [0.2, 0.25) is 0 Å². The van der Waals surface area contributed by atoms with Crippen LogP contribution >= 0.6 is 11.8 Å². The second-order valence-electron chi connectivity index (χ2n) is 9.20. The molecule has 0 radical (unpaired) electrons. The second kappa shape index (κ2) is 7.01. The second-order valence-corrected chi connectivity index (χ2v) is 10.4. The SMILES string of the molecule is CC(C)(C)OC(=O)N1CCC1Sc1cccc(B2OC(C)(C)C(C)(C)O2)c1. The Labute approximate surface area is 167 Å². The quantitative estimate of drug-likeness (QED) is 0.728. The van der Waals surface area contributed by atoms with E-state index < -0.39 is 5.60 Å². The van der Waals surface area contributed by atoms with Gasteiger partial charge in [0.15, 0.2) is 0 Å². The van der Waals surface area contributed by atoms with Crippen LogP contribution < -0.4 is 5.46 Å². The fourth-order valence-electron chi connectivity index (χ4n) is 2.89. The minimum absolute atomic E-state index is 0.105. The molecule has 2 fully saturated rings. The Kier molecular flexibility index (Phi) is 5.34. The summed E-state index contributed by atoms with van der Waals surface area (Å²) in [4.78, 5) is 15.2. The lowest BCUT2D eigenvalue weighted by molar-refractivity contribution is 0.00578. The molecular weight excluding hydrogens is 361 g/mol. The van der Waals surface area contributed by atoms with Crippen LogP contribution in [-0.4, -0.2) is 46.8 Å². The van der Waals surface area contributed by atoms with Crippen LogP contribution in [0.15, 0.2) is 29.2 Å². The van der Waals surface area contributed by atoms with Gasteiger partial charge in [0, 0.05) is 11.4 Å². The fourth-order valence-corrected chi connectivity index (χ4v) is 4.10. The number of ether oxygens (including phenoxy) is 1. The highest BCUT2D eigenvalue weighted by Crippen LogP contribution is 2.38. The van der Waals surface area contributed by atoms with E-state index >= 15 is 0 Å². The predicted molar refractivity (Wildman–Crippen MR) is 109 cm³/mol. The smallest absolute Gasteiger partial charge is 0.444 e. The van der Waals surface area contributed by atoms with E-state index in [1.165, 1.54) is 0 Å². The number of hydrogen-bond acceptors (Lipinski definition) is 5. The number of amides is 1. The van der Waals surface area contributed by atoms with Crippen LogP contribution in [0, 0.1) is 0 Å². The van der Waals surface area contributed by atoms with E-state index in [-0.39, 0.29) is 29.8 Å². The molecule has 27 heavy (non-hydrogen) atoms. The van der Waals surface area contributed by atoms with Crippen molar-refractivity contribution >= 4 is 30.4 Å². The van der Waals surface area contributed by atoms with Crippen molar-refractivity contribution < 1.29 is 18.8 Å². The number of nitrogens with zero attached hydrogens (tertiary/aromatic N) is 1. The molecule has 1 amide bonds. The fraction of sp³-hybridized carbons (Fsp3) is 0.650. The summed E-state index contributed by atoms with van der Waals surface area (Å²) in [6, 6.07) is 8.20. The lowest BCUT2D eigenvalue weighted by Crippen LogP contribution is -2.51. The highest BCUT2D eigenvalue weighted by atomic mass is 32.2. The largest absolute Gasteiger partial charge is 0.494 e. The number of hydrogen-bond donors (Lipinski definition) is 0. The normalized spacial score (nSPS) is 23.9. The van der Waals surface area contributed by atoms with Gasteiger partial charge in [-0.15, -0.1) is 11.8 Å². The summed E-state index contributed by atoms with van der Waals surface area (Å²) in [6.07, 6.45) is 0.721. The molecule has 0 saturated carbocycles. The monoisotopic (exact) mass is 391 g/mol. The van der Waals surface area contributed by atoms with Crippen LogP contribution in [0.4, 0.5) is 4.79 Å². The van der Waals surface area contributed by atoms with Gasteiger partial charge in [-0.3, -0.25) is 4.90 Å². The summed E-state index contributed by atoms with van der Waals surface area (Å²) < 4.78 is 17.8. The lowest BCUT2D eigenvalue weighted by atomic mass is 9.79. The Morgan fingerprint density at radius 2 is 1.85 bits per heavy atom. The standard InChI is InChI=1S/C20H30BNO4S/c1-18(2,3)24-17(23)22-12-11-16(22)27-15-10-8-9-14(13-15)21-25-19(4,5)20(6,7)26-21/h8-10,13,16H,11-12H2,1-7H3. The minimum Gasteiger partial charge on any atom is -0.444 e. The van der Waals surface area contributed by atoms with Crippen molar-refractivity contribution in [2.24, 2.45) is 0 Å². The molecule has 148 valence electrons. The molecular formula is C20H30BNO4S. The van der Waals surface area contributed by atoms with Gasteiger partial charge in [0.2, 0.25) is 0 Å². The Balaban J connectivity index is 1.66. The zero-order chi connectivity index (χ0) is 20.0. The third-order valence-corrected chi connectivity index (χ3v) is 6.54. The van der Waals surface area contributed by atoms with Crippen molar-refractivity contribution in [3.05, 3.63) is 24.3 Å². The van der Waals surface area contributed by atoms with Gasteiger partial charge < -0.3 is 14.0 Å². The van der Waals surface area contributed by atoms with Crippen LogP contribution in [0.1, 0.15) is 54.9 Å². The van der Waals surface area contributed by atoms with Crippen molar-refractivity contribution in [1.82, 2.24) is 4.90 Å². The molecule has 0 aromatic heterocycles. The highest BCUT2D eigenvalue weighted by molar-refractivity contribution is 8.00. The summed E-state index contributed by atoms with van der Waals surface area (Å²) in [7, 11) is -0.376. The van der Waals surface area contributed by atoms with Gasteiger partial charge in [-0.2, -0.15) is 0 Å². The molecule has 1 unspecified atom stereocenters. The molecule has 7 heteroatoms. The minimum atomic E-state index is -0.474. The third-order valence-electron chi connectivity index (χ3n) is 5.25. The molecule has 2 aliphatic rings. The van der Waals surface area contributed by atoms with Gasteiger partial charge in [0.1, 0.15) is 5.60 Å². The lowest BCUT2D eigenvalue weighted by Gasteiger charge is -2.40. The zero-order valence-electron chi connectivity index (χ0n) is 17.4. The molecule has 1 aromatic rings.